The summed E-state index contributed by atoms with van der Waals surface area (Å²) in [6.07, 6.45) is 5.09. The van der Waals surface area contributed by atoms with Crippen LogP contribution >= 0.6 is 0 Å². The summed E-state index contributed by atoms with van der Waals surface area (Å²) < 4.78 is 8.95. The van der Waals surface area contributed by atoms with Crippen LogP contribution < -0.4 is 5.56 Å². The van der Waals surface area contributed by atoms with Gasteiger partial charge >= 0.3 is 6.09 Å². The highest BCUT2D eigenvalue weighted by atomic mass is 16.6. The summed E-state index contributed by atoms with van der Waals surface area (Å²) in [6, 6.07) is 5.55. The molecule has 34 heavy (non-hydrogen) atoms. The van der Waals surface area contributed by atoms with Gasteiger partial charge in [0.1, 0.15) is 28.7 Å². The second-order valence-electron chi connectivity index (χ2n) is 10.3. The van der Waals surface area contributed by atoms with E-state index in [-0.39, 0.29) is 29.4 Å². The van der Waals surface area contributed by atoms with Gasteiger partial charge in [0.2, 0.25) is 0 Å². The van der Waals surface area contributed by atoms with E-state index in [0.29, 0.717) is 29.4 Å². The molecule has 1 aliphatic carbocycles. The second kappa shape index (κ2) is 8.01. The predicted molar refractivity (Wildman–Crippen MR) is 124 cm³/mol. The number of nitrogens with zero attached hydrogens (tertiary/aromatic N) is 6. The van der Waals surface area contributed by atoms with E-state index in [1.165, 1.54) is 16.7 Å². The summed E-state index contributed by atoms with van der Waals surface area (Å²) in [7, 11) is 0. The molecule has 10 nitrogen and oxygen atoms in total. The number of hydrogen-bond acceptors (Lipinski definition) is 6. The third kappa shape index (κ3) is 3.95. The first kappa shape index (κ1) is 22.2. The van der Waals surface area contributed by atoms with E-state index in [1.807, 2.05) is 49.4 Å². The molecule has 3 aromatic heterocycles. The number of carbonyl (C=O) groups is 1. The van der Waals surface area contributed by atoms with E-state index in [1.54, 1.807) is 0 Å². The molecule has 0 aromatic carbocycles. The predicted octanol–water partition coefficient (Wildman–Crippen LogP) is 3.42. The molecule has 1 aliphatic heterocycles. The molecule has 4 heterocycles. The molecule has 2 aliphatic rings. The van der Waals surface area contributed by atoms with Crippen molar-refractivity contribution < 1.29 is 9.53 Å². The molecule has 1 saturated carbocycles. The monoisotopic (exact) mass is 463 g/mol. The number of imidazole rings is 1. The lowest BCUT2D eigenvalue weighted by Gasteiger charge is -2.40. The number of H-pyrrole nitrogens is 1. The average Bonchev–Trinajstić information content (AvgIpc) is 3.43. The SMILES string of the molecule is Cc1c(-c2cc(=O)n3c(C#N)c[nH]c3c2)nnn1C1CCN(C(=O)OC(C)(C)C)C(C2CC2)C1. The number of fused-ring (bicyclic) bond motifs is 1. The van der Waals surface area contributed by atoms with Gasteiger partial charge in [0.05, 0.1) is 11.7 Å². The minimum absolute atomic E-state index is 0.117. The number of amides is 1. The number of rotatable bonds is 3. The molecular formula is C24H29N7O3. The van der Waals surface area contributed by atoms with Crippen molar-refractivity contribution >= 4 is 11.7 Å². The molecular weight excluding hydrogens is 434 g/mol. The Morgan fingerprint density at radius 1 is 1.26 bits per heavy atom. The van der Waals surface area contributed by atoms with Crippen LogP contribution in [0.4, 0.5) is 4.79 Å². The number of aromatic nitrogens is 5. The van der Waals surface area contributed by atoms with Crippen LogP contribution in [0.2, 0.25) is 0 Å². The van der Waals surface area contributed by atoms with Gasteiger partial charge in [-0.15, -0.1) is 5.10 Å². The Morgan fingerprint density at radius 3 is 2.71 bits per heavy atom. The van der Waals surface area contributed by atoms with Crippen molar-refractivity contribution in [2.75, 3.05) is 6.54 Å². The zero-order chi connectivity index (χ0) is 24.2. The first-order valence-corrected chi connectivity index (χ1v) is 11.7. The van der Waals surface area contributed by atoms with Crippen molar-refractivity contribution in [3.63, 3.8) is 0 Å². The van der Waals surface area contributed by atoms with E-state index >= 15 is 0 Å². The molecule has 2 fully saturated rings. The normalized spacial score (nSPS) is 21.0. The lowest BCUT2D eigenvalue weighted by Crippen LogP contribution is -2.49. The summed E-state index contributed by atoms with van der Waals surface area (Å²) >= 11 is 0. The van der Waals surface area contributed by atoms with E-state index in [0.717, 1.165) is 31.4 Å². The van der Waals surface area contributed by atoms with Crippen LogP contribution in [0.15, 0.2) is 23.1 Å². The molecule has 2 atom stereocenters. The Kier molecular flexibility index (Phi) is 5.23. The number of piperidine rings is 1. The molecule has 1 saturated heterocycles. The fraction of sp³-hybridized carbons (Fsp3) is 0.542. The minimum atomic E-state index is -0.521. The number of pyridine rings is 1. The van der Waals surface area contributed by atoms with Gasteiger partial charge < -0.3 is 14.6 Å². The van der Waals surface area contributed by atoms with E-state index in [4.69, 9.17) is 4.74 Å². The van der Waals surface area contributed by atoms with Crippen molar-refractivity contribution in [3.05, 3.63) is 40.1 Å². The number of nitrogens with one attached hydrogen (secondary N) is 1. The fourth-order valence-corrected chi connectivity index (χ4v) is 4.98. The first-order chi connectivity index (χ1) is 16.2. The summed E-state index contributed by atoms with van der Waals surface area (Å²) in [5.41, 5.74) is 2.16. The maximum absolute atomic E-state index is 12.8. The van der Waals surface area contributed by atoms with Gasteiger partial charge in [0.15, 0.2) is 0 Å². The van der Waals surface area contributed by atoms with E-state index < -0.39 is 5.60 Å². The van der Waals surface area contributed by atoms with Gasteiger partial charge in [0, 0.05) is 30.4 Å². The van der Waals surface area contributed by atoms with Crippen LogP contribution in [0.25, 0.3) is 16.9 Å². The lowest BCUT2D eigenvalue weighted by atomic mass is 9.94. The van der Waals surface area contributed by atoms with Gasteiger partial charge in [-0.25, -0.2) is 9.48 Å². The summed E-state index contributed by atoms with van der Waals surface area (Å²) in [5, 5.41) is 18.1. The Hall–Kier alpha value is -3.61. The highest BCUT2D eigenvalue weighted by Gasteiger charge is 2.43. The quantitative estimate of drug-likeness (QED) is 0.635. The molecule has 0 spiro atoms. The Balaban J connectivity index is 1.41. The number of hydrogen-bond donors (Lipinski definition) is 1. The van der Waals surface area contributed by atoms with Crippen molar-refractivity contribution in [3.8, 4) is 17.3 Å². The third-order valence-corrected chi connectivity index (χ3v) is 6.70. The average molecular weight is 464 g/mol. The number of ether oxygens (including phenoxy) is 1. The summed E-state index contributed by atoms with van der Waals surface area (Å²) in [4.78, 5) is 30.4. The van der Waals surface area contributed by atoms with E-state index in [9.17, 15) is 14.9 Å². The van der Waals surface area contributed by atoms with Crippen molar-refractivity contribution in [1.82, 2.24) is 29.3 Å². The standard InChI is InChI=1S/C24H29N7O3/c1-14-22(16-9-20-26-13-18(12-25)30(20)21(32)10-16)27-28-31(14)17-7-8-29(19(11-17)15-5-6-15)23(33)34-24(2,3)4/h9-10,13,15,17,19,26H,5-8,11H2,1-4H3. The van der Waals surface area contributed by atoms with Crippen LogP contribution in [0, 0.1) is 24.2 Å². The lowest BCUT2D eigenvalue weighted by molar-refractivity contribution is 0.00131. The maximum Gasteiger partial charge on any atom is 0.410 e. The van der Waals surface area contributed by atoms with Crippen LogP contribution in [-0.2, 0) is 4.74 Å². The van der Waals surface area contributed by atoms with Crippen molar-refractivity contribution in [1.29, 1.82) is 5.26 Å². The highest BCUT2D eigenvalue weighted by Crippen LogP contribution is 2.43. The molecule has 10 heteroatoms. The largest absolute Gasteiger partial charge is 0.444 e. The molecule has 0 bridgehead atoms. The maximum atomic E-state index is 12.8. The number of aromatic amines is 1. The summed E-state index contributed by atoms with van der Waals surface area (Å²) in [5.74, 6) is 0.503. The van der Waals surface area contributed by atoms with Crippen LogP contribution in [0.1, 0.15) is 63.9 Å². The number of nitriles is 1. The Bertz CT molecular complexity index is 1350. The molecule has 178 valence electrons. The third-order valence-electron chi connectivity index (χ3n) is 6.70. The topological polar surface area (TPSA) is 121 Å². The molecule has 3 aromatic rings. The van der Waals surface area contributed by atoms with Crippen LogP contribution in [0.3, 0.4) is 0 Å². The van der Waals surface area contributed by atoms with E-state index in [2.05, 4.69) is 15.3 Å². The molecule has 2 unspecified atom stereocenters. The Morgan fingerprint density at radius 2 is 2.03 bits per heavy atom. The smallest absolute Gasteiger partial charge is 0.410 e. The molecule has 5 rings (SSSR count). The minimum Gasteiger partial charge on any atom is -0.444 e. The highest BCUT2D eigenvalue weighted by molar-refractivity contribution is 5.69. The van der Waals surface area contributed by atoms with Gasteiger partial charge in [-0.05, 0) is 65.4 Å². The number of carbonyl (C=O) groups excluding carboxylic acids is 1. The van der Waals surface area contributed by atoms with Gasteiger partial charge in [-0.3, -0.25) is 9.20 Å². The molecule has 0 radical (unpaired) electrons. The molecule has 1 amide bonds. The van der Waals surface area contributed by atoms with Crippen LogP contribution in [-0.4, -0.2) is 53.6 Å². The van der Waals surface area contributed by atoms with Crippen molar-refractivity contribution in [2.24, 2.45) is 5.92 Å². The zero-order valence-electron chi connectivity index (χ0n) is 19.9. The first-order valence-electron chi connectivity index (χ1n) is 11.7. The Labute approximate surface area is 197 Å². The van der Waals surface area contributed by atoms with Gasteiger partial charge in [0.25, 0.3) is 5.56 Å². The van der Waals surface area contributed by atoms with Gasteiger partial charge in [-0.1, -0.05) is 5.21 Å². The van der Waals surface area contributed by atoms with Gasteiger partial charge in [-0.2, -0.15) is 5.26 Å². The molecule has 1 N–H and O–H groups in total. The van der Waals surface area contributed by atoms with Crippen LogP contribution in [0.5, 0.6) is 0 Å². The van der Waals surface area contributed by atoms with Crippen molar-refractivity contribution in [2.45, 2.75) is 71.1 Å². The zero-order valence-corrected chi connectivity index (χ0v) is 19.9. The fourth-order valence-electron chi connectivity index (χ4n) is 4.98. The summed E-state index contributed by atoms with van der Waals surface area (Å²) in [6.45, 7) is 8.24. The number of likely N-dealkylation sites (tertiary alicyclic amines) is 1. The second-order valence-corrected chi connectivity index (χ2v) is 10.3.